The van der Waals surface area contributed by atoms with Crippen LogP contribution in [0.25, 0.3) is 0 Å². The molecule has 0 radical (unpaired) electrons. The molecule has 0 saturated carbocycles. The minimum Gasteiger partial charge on any atom is -0.394 e. The van der Waals surface area contributed by atoms with Crippen molar-refractivity contribution >= 4 is 12.0 Å². The highest BCUT2D eigenvalue weighted by molar-refractivity contribution is 5.77. The van der Waals surface area contributed by atoms with Gasteiger partial charge in [0.15, 0.2) is 0 Å². The Morgan fingerprint density at radius 3 is 2.74 bits per heavy atom. The lowest BCUT2D eigenvalue weighted by atomic mass is 9.91. The Hall–Kier alpha value is -2.71. The Bertz CT molecular complexity index is 903. The molecule has 0 aliphatic carbocycles. The van der Waals surface area contributed by atoms with Crippen LogP contribution in [-0.4, -0.2) is 51.9 Å². The number of rotatable bonds is 6. The maximum Gasteiger partial charge on any atom is 0.319 e. The summed E-state index contributed by atoms with van der Waals surface area (Å²) >= 11 is 0. The van der Waals surface area contributed by atoms with Crippen LogP contribution in [0.5, 0.6) is 0 Å². The molecular formula is C23H31N5O3. The lowest BCUT2D eigenvalue weighted by molar-refractivity contribution is 0.0903. The number of aliphatic hydroxyl groups excluding tert-OH is 1. The van der Waals surface area contributed by atoms with Crippen molar-refractivity contribution in [2.24, 2.45) is 0 Å². The van der Waals surface area contributed by atoms with Gasteiger partial charge in [0.25, 0.3) is 0 Å². The predicted molar refractivity (Wildman–Crippen MR) is 117 cm³/mol. The lowest BCUT2D eigenvalue weighted by Crippen LogP contribution is -2.48. The zero-order valence-corrected chi connectivity index (χ0v) is 18.2. The Balaban J connectivity index is 1.51. The van der Waals surface area contributed by atoms with Crippen LogP contribution in [0, 0.1) is 0 Å². The smallest absolute Gasteiger partial charge is 0.319 e. The molecule has 4 rings (SSSR count). The highest BCUT2D eigenvalue weighted by Crippen LogP contribution is 2.41. The van der Waals surface area contributed by atoms with E-state index in [1.807, 2.05) is 43.5 Å². The SMILES string of the molecule is CC[C@]1(C)c2cnc(NC3CCOCC3)nc2CN1C(=O)N[C@H](CO)c1ccccc1. The topological polar surface area (TPSA) is 99.6 Å². The number of ether oxygens (including phenoxy) is 1. The average molecular weight is 426 g/mol. The van der Waals surface area contributed by atoms with Crippen LogP contribution in [0.3, 0.4) is 0 Å². The van der Waals surface area contributed by atoms with E-state index in [-0.39, 0.29) is 12.6 Å². The van der Waals surface area contributed by atoms with E-state index in [0.29, 0.717) is 18.5 Å². The van der Waals surface area contributed by atoms with Crippen molar-refractivity contribution in [2.45, 2.75) is 57.3 Å². The number of hydrogen-bond donors (Lipinski definition) is 3. The molecule has 166 valence electrons. The average Bonchev–Trinajstić information content (AvgIpc) is 3.11. The van der Waals surface area contributed by atoms with Gasteiger partial charge in [-0.1, -0.05) is 37.3 Å². The summed E-state index contributed by atoms with van der Waals surface area (Å²) in [6.07, 6.45) is 4.45. The number of anilines is 1. The second-order valence-electron chi connectivity index (χ2n) is 8.39. The highest BCUT2D eigenvalue weighted by atomic mass is 16.5. The van der Waals surface area contributed by atoms with Gasteiger partial charge in [-0.25, -0.2) is 14.8 Å². The Labute approximate surface area is 183 Å². The number of fused-ring (bicyclic) bond motifs is 1. The van der Waals surface area contributed by atoms with Gasteiger partial charge in [-0.3, -0.25) is 0 Å². The highest BCUT2D eigenvalue weighted by Gasteiger charge is 2.44. The molecule has 8 nitrogen and oxygen atoms in total. The van der Waals surface area contributed by atoms with E-state index in [1.54, 1.807) is 4.90 Å². The first kappa shape index (κ1) is 21.5. The molecule has 0 unspecified atom stereocenters. The summed E-state index contributed by atoms with van der Waals surface area (Å²) in [5, 5.41) is 16.2. The molecule has 2 aliphatic heterocycles. The summed E-state index contributed by atoms with van der Waals surface area (Å²) in [4.78, 5) is 24.4. The lowest BCUT2D eigenvalue weighted by Gasteiger charge is -2.35. The third-order valence-electron chi connectivity index (χ3n) is 6.52. The molecule has 3 heterocycles. The molecule has 31 heavy (non-hydrogen) atoms. The fourth-order valence-electron chi connectivity index (χ4n) is 4.38. The Kier molecular flexibility index (Phi) is 6.38. The second-order valence-corrected chi connectivity index (χ2v) is 8.39. The summed E-state index contributed by atoms with van der Waals surface area (Å²) in [5.41, 5.74) is 2.20. The van der Waals surface area contributed by atoms with Gasteiger partial charge in [0.1, 0.15) is 0 Å². The first-order valence-electron chi connectivity index (χ1n) is 11.0. The standard InChI is InChI=1S/C23H31N5O3/c1-3-23(2)18-13-24-21(25-17-9-11-31-12-10-17)26-19(18)14-28(23)22(30)27-20(15-29)16-7-5-4-6-8-16/h4-8,13,17,20,29H,3,9-12,14-15H2,1-2H3,(H,27,30)(H,24,25,26)/t20-,23-/m1/s1. The molecule has 1 fully saturated rings. The summed E-state index contributed by atoms with van der Waals surface area (Å²) < 4.78 is 5.42. The molecule has 8 heteroatoms. The van der Waals surface area contributed by atoms with Crippen LogP contribution in [-0.2, 0) is 16.8 Å². The van der Waals surface area contributed by atoms with Gasteiger partial charge < -0.3 is 25.4 Å². The van der Waals surface area contributed by atoms with Crippen molar-refractivity contribution in [1.82, 2.24) is 20.2 Å². The van der Waals surface area contributed by atoms with Crippen molar-refractivity contribution in [3.8, 4) is 0 Å². The van der Waals surface area contributed by atoms with E-state index in [0.717, 1.165) is 49.3 Å². The summed E-state index contributed by atoms with van der Waals surface area (Å²) in [7, 11) is 0. The quantitative estimate of drug-likeness (QED) is 0.658. The monoisotopic (exact) mass is 425 g/mol. The van der Waals surface area contributed by atoms with Gasteiger partial charge in [0.2, 0.25) is 5.95 Å². The van der Waals surface area contributed by atoms with Gasteiger partial charge in [0.05, 0.1) is 30.4 Å². The van der Waals surface area contributed by atoms with E-state index in [2.05, 4.69) is 22.5 Å². The largest absolute Gasteiger partial charge is 0.394 e. The van der Waals surface area contributed by atoms with Gasteiger partial charge in [-0.15, -0.1) is 0 Å². The fourth-order valence-corrected chi connectivity index (χ4v) is 4.38. The predicted octanol–water partition coefficient (Wildman–Crippen LogP) is 2.95. The number of hydrogen-bond acceptors (Lipinski definition) is 6. The number of urea groups is 1. The first-order chi connectivity index (χ1) is 15.0. The minimum absolute atomic E-state index is 0.168. The number of benzene rings is 1. The van der Waals surface area contributed by atoms with E-state index >= 15 is 0 Å². The van der Waals surface area contributed by atoms with E-state index in [9.17, 15) is 9.90 Å². The van der Waals surface area contributed by atoms with Crippen LogP contribution >= 0.6 is 0 Å². The Morgan fingerprint density at radius 2 is 2.06 bits per heavy atom. The maximum absolute atomic E-state index is 13.3. The molecule has 2 atom stereocenters. The molecule has 1 aromatic heterocycles. The van der Waals surface area contributed by atoms with Gasteiger partial charge in [0, 0.05) is 31.0 Å². The third-order valence-corrected chi connectivity index (χ3v) is 6.52. The third kappa shape index (κ3) is 4.36. The van der Waals surface area contributed by atoms with Crippen LogP contribution in [0.4, 0.5) is 10.7 Å². The van der Waals surface area contributed by atoms with E-state index in [1.165, 1.54) is 0 Å². The van der Waals surface area contributed by atoms with E-state index < -0.39 is 11.6 Å². The van der Waals surface area contributed by atoms with Crippen molar-refractivity contribution in [3.63, 3.8) is 0 Å². The molecule has 2 amide bonds. The van der Waals surface area contributed by atoms with Crippen molar-refractivity contribution in [1.29, 1.82) is 0 Å². The van der Waals surface area contributed by atoms with Gasteiger partial charge >= 0.3 is 6.03 Å². The number of aromatic nitrogens is 2. The summed E-state index contributed by atoms with van der Waals surface area (Å²) in [5.74, 6) is 0.601. The molecule has 0 spiro atoms. The fraction of sp³-hybridized carbons (Fsp3) is 0.522. The number of amides is 2. The van der Waals surface area contributed by atoms with Crippen molar-refractivity contribution in [3.05, 3.63) is 53.3 Å². The molecule has 1 aromatic carbocycles. The molecule has 2 aliphatic rings. The second kappa shape index (κ2) is 9.20. The number of carbonyl (C=O) groups excluding carboxylic acids is 1. The van der Waals surface area contributed by atoms with E-state index in [4.69, 9.17) is 9.72 Å². The maximum atomic E-state index is 13.3. The van der Waals surface area contributed by atoms with Crippen molar-refractivity contribution < 1.29 is 14.6 Å². The first-order valence-corrected chi connectivity index (χ1v) is 11.0. The number of carbonyl (C=O) groups is 1. The number of aliphatic hydroxyl groups is 1. The van der Waals surface area contributed by atoms with Crippen LogP contribution in [0.15, 0.2) is 36.5 Å². The van der Waals surface area contributed by atoms with Gasteiger partial charge in [-0.2, -0.15) is 0 Å². The zero-order valence-electron chi connectivity index (χ0n) is 18.2. The van der Waals surface area contributed by atoms with Crippen LogP contribution in [0.1, 0.15) is 56.0 Å². The number of nitrogens with one attached hydrogen (secondary N) is 2. The number of nitrogens with zero attached hydrogens (tertiary/aromatic N) is 3. The molecule has 0 bridgehead atoms. The Morgan fingerprint density at radius 1 is 1.32 bits per heavy atom. The van der Waals surface area contributed by atoms with Gasteiger partial charge in [-0.05, 0) is 31.7 Å². The minimum atomic E-state index is -0.507. The molecule has 3 N–H and O–H groups in total. The van der Waals surface area contributed by atoms with Crippen molar-refractivity contribution in [2.75, 3.05) is 25.1 Å². The molecular weight excluding hydrogens is 394 g/mol. The van der Waals surface area contributed by atoms with Crippen LogP contribution < -0.4 is 10.6 Å². The molecule has 2 aromatic rings. The zero-order chi connectivity index (χ0) is 21.8. The van der Waals surface area contributed by atoms with Crippen LogP contribution in [0.2, 0.25) is 0 Å². The molecule has 1 saturated heterocycles. The normalized spacial score (nSPS) is 22.1. The summed E-state index contributed by atoms with van der Waals surface area (Å²) in [6, 6.07) is 9.14. The summed E-state index contributed by atoms with van der Waals surface area (Å²) in [6.45, 7) is 5.84.